The van der Waals surface area contributed by atoms with Gasteiger partial charge >= 0.3 is 6.09 Å². The lowest BCUT2D eigenvalue weighted by molar-refractivity contribution is 0.0635. The summed E-state index contributed by atoms with van der Waals surface area (Å²) >= 11 is 0. The van der Waals surface area contributed by atoms with Crippen molar-refractivity contribution in [3.63, 3.8) is 0 Å². The van der Waals surface area contributed by atoms with E-state index in [1.165, 1.54) is 6.39 Å². The smallest absolute Gasteiger partial charge is 0.413 e. The van der Waals surface area contributed by atoms with Crippen LogP contribution in [0, 0.1) is 6.92 Å². The fourth-order valence-corrected chi connectivity index (χ4v) is 3.31. The predicted octanol–water partition coefficient (Wildman–Crippen LogP) is 2.82. The first-order valence-electron chi connectivity index (χ1n) is 9.43. The highest BCUT2D eigenvalue weighted by Gasteiger charge is 2.33. The number of carbonyl (C=O) groups is 1. The summed E-state index contributed by atoms with van der Waals surface area (Å²) in [6.07, 6.45) is 3.89. The first kappa shape index (κ1) is 20.3. The Labute approximate surface area is 165 Å². The number of ether oxygens (including phenoxy) is 2. The molecule has 1 aliphatic rings. The fourth-order valence-electron chi connectivity index (χ4n) is 3.31. The van der Waals surface area contributed by atoms with Crippen LogP contribution in [-0.4, -0.2) is 57.2 Å². The average molecular weight is 391 g/mol. The number of hydrogen-bond donors (Lipinski definition) is 1. The van der Waals surface area contributed by atoms with Gasteiger partial charge in [0.2, 0.25) is 0 Å². The number of aryl methyl sites for hydroxylation is 1. The van der Waals surface area contributed by atoms with Crippen molar-refractivity contribution in [3.05, 3.63) is 30.1 Å². The van der Waals surface area contributed by atoms with Crippen molar-refractivity contribution in [1.29, 1.82) is 0 Å². The van der Waals surface area contributed by atoms with E-state index in [1.54, 1.807) is 13.2 Å². The summed E-state index contributed by atoms with van der Waals surface area (Å²) in [7, 11) is 1.74. The lowest BCUT2D eigenvalue weighted by atomic mass is 10.2. The second-order valence-corrected chi connectivity index (χ2v) is 8.09. The van der Waals surface area contributed by atoms with Crippen molar-refractivity contribution >= 4 is 11.9 Å². The zero-order chi connectivity index (χ0) is 20.3. The molecule has 1 N–H and O–H groups in total. The van der Waals surface area contributed by atoms with Gasteiger partial charge in [0, 0.05) is 32.0 Å². The molecular weight excluding hydrogens is 362 g/mol. The summed E-state index contributed by atoms with van der Waals surface area (Å²) in [5, 5.41) is 7.11. The number of anilines is 1. The summed E-state index contributed by atoms with van der Waals surface area (Å²) in [6, 6.07) is 2.00. The Morgan fingerprint density at radius 2 is 2.21 bits per heavy atom. The number of oxazole rings is 1. The van der Waals surface area contributed by atoms with Crippen LogP contribution in [0.1, 0.15) is 38.6 Å². The molecule has 28 heavy (non-hydrogen) atoms. The monoisotopic (exact) mass is 391 g/mol. The third-order valence-corrected chi connectivity index (χ3v) is 4.68. The van der Waals surface area contributed by atoms with Crippen molar-refractivity contribution in [1.82, 2.24) is 19.7 Å². The number of amides is 1. The molecule has 0 saturated carbocycles. The van der Waals surface area contributed by atoms with Gasteiger partial charge in [-0.2, -0.15) is 5.10 Å². The molecule has 1 fully saturated rings. The summed E-state index contributed by atoms with van der Waals surface area (Å²) < 4.78 is 18.2. The molecule has 1 aliphatic heterocycles. The van der Waals surface area contributed by atoms with Crippen molar-refractivity contribution in [2.45, 2.75) is 65.0 Å². The quantitative estimate of drug-likeness (QED) is 0.809. The molecule has 154 valence electrons. The van der Waals surface area contributed by atoms with E-state index in [-0.39, 0.29) is 12.1 Å². The van der Waals surface area contributed by atoms with E-state index < -0.39 is 11.7 Å². The Morgan fingerprint density at radius 3 is 2.86 bits per heavy atom. The van der Waals surface area contributed by atoms with Gasteiger partial charge in [0.25, 0.3) is 0 Å². The van der Waals surface area contributed by atoms with Gasteiger partial charge in [0.05, 0.1) is 24.9 Å². The number of carbonyl (C=O) groups excluding carboxylic acids is 1. The van der Waals surface area contributed by atoms with E-state index in [0.29, 0.717) is 18.9 Å². The zero-order valence-corrected chi connectivity index (χ0v) is 17.1. The summed E-state index contributed by atoms with van der Waals surface area (Å²) in [5.74, 6) is 1.34. The standard InChI is InChI=1S/C19H29N5O4/c1-13-16(27-12-20-13)11-23-10-15(26-5)8-14(23)9-24-7-6-17(22-24)21-18(25)28-19(2,3)4/h6-7,12,14-15H,8-11H2,1-5H3,(H,21,22,25)/t14-,15-/m0/s1. The fraction of sp³-hybridized carbons (Fsp3) is 0.632. The molecule has 0 unspecified atom stereocenters. The van der Waals surface area contributed by atoms with Crippen molar-refractivity contribution in [2.24, 2.45) is 0 Å². The van der Waals surface area contributed by atoms with Crippen LogP contribution in [0.3, 0.4) is 0 Å². The molecule has 2 atom stereocenters. The van der Waals surface area contributed by atoms with Gasteiger partial charge in [-0.15, -0.1) is 0 Å². The number of nitrogens with zero attached hydrogens (tertiary/aromatic N) is 4. The van der Waals surface area contributed by atoms with Gasteiger partial charge in [0.1, 0.15) is 11.4 Å². The number of aromatic nitrogens is 3. The van der Waals surface area contributed by atoms with Crippen LogP contribution in [0.15, 0.2) is 23.1 Å². The molecule has 1 saturated heterocycles. The molecule has 1 amide bonds. The second-order valence-electron chi connectivity index (χ2n) is 8.09. The number of likely N-dealkylation sites (tertiary alicyclic amines) is 1. The first-order chi connectivity index (χ1) is 13.2. The summed E-state index contributed by atoms with van der Waals surface area (Å²) in [6.45, 7) is 9.60. The first-order valence-corrected chi connectivity index (χ1v) is 9.43. The molecular formula is C19H29N5O4. The Hall–Kier alpha value is -2.39. The zero-order valence-electron chi connectivity index (χ0n) is 17.1. The SMILES string of the molecule is CO[C@H]1C[C@@H](Cn2ccc(NC(=O)OC(C)(C)C)n2)N(Cc2ocnc2C)C1. The van der Waals surface area contributed by atoms with E-state index in [0.717, 1.165) is 24.4 Å². The number of methoxy groups -OCH3 is 1. The van der Waals surface area contributed by atoms with Gasteiger partial charge in [0.15, 0.2) is 12.2 Å². The van der Waals surface area contributed by atoms with Gasteiger partial charge in [-0.1, -0.05) is 0 Å². The van der Waals surface area contributed by atoms with Crippen LogP contribution in [0.4, 0.5) is 10.6 Å². The minimum atomic E-state index is -0.551. The van der Waals surface area contributed by atoms with Crippen LogP contribution < -0.4 is 5.32 Å². The third-order valence-electron chi connectivity index (χ3n) is 4.68. The van der Waals surface area contributed by atoms with E-state index in [4.69, 9.17) is 13.9 Å². The number of nitrogens with one attached hydrogen (secondary N) is 1. The lowest BCUT2D eigenvalue weighted by Crippen LogP contribution is -2.33. The van der Waals surface area contributed by atoms with Crippen LogP contribution in [0.2, 0.25) is 0 Å². The predicted molar refractivity (Wildman–Crippen MR) is 103 cm³/mol. The minimum Gasteiger partial charge on any atom is -0.447 e. The van der Waals surface area contributed by atoms with Crippen LogP contribution in [0.25, 0.3) is 0 Å². The van der Waals surface area contributed by atoms with Gasteiger partial charge in [-0.05, 0) is 34.1 Å². The van der Waals surface area contributed by atoms with E-state index in [1.807, 2.05) is 38.6 Å². The van der Waals surface area contributed by atoms with Gasteiger partial charge in [-0.3, -0.25) is 14.9 Å². The van der Waals surface area contributed by atoms with E-state index in [2.05, 4.69) is 20.3 Å². The molecule has 9 nitrogen and oxygen atoms in total. The molecule has 0 bridgehead atoms. The molecule has 9 heteroatoms. The highest BCUT2D eigenvalue weighted by molar-refractivity contribution is 5.83. The van der Waals surface area contributed by atoms with E-state index in [9.17, 15) is 4.79 Å². The molecule has 3 heterocycles. The van der Waals surface area contributed by atoms with Crippen molar-refractivity contribution in [2.75, 3.05) is 19.0 Å². The molecule has 0 aliphatic carbocycles. The molecule has 0 spiro atoms. The average Bonchev–Trinajstić information content (AvgIpc) is 3.29. The number of hydrogen-bond acceptors (Lipinski definition) is 7. The van der Waals surface area contributed by atoms with Crippen LogP contribution in [0.5, 0.6) is 0 Å². The van der Waals surface area contributed by atoms with Crippen LogP contribution in [-0.2, 0) is 22.6 Å². The summed E-state index contributed by atoms with van der Waals surface area (Å²) in [4.78, 5) is 18.4. The van der Waals surface area contributed by atoms with E-state index >= 15 is 0 Å². The minimum absolute atomic E-state index is 0.170. The molecule has 0 radical (unpaired) electrons. The maximum absolute atomic E-state index is 11.9. The largest absolute Gasteiger partial charge is 0.447 e. The summed E-state index contributed by atoms with van der Waals surface area (Å²) in [5.41, 5.74) is 0.355. The lowest BCUT2D eigenvalue weighted by Gasteiger charge is -2.23. The topological polar surface area (TPSA) is 94.6 Å². The molecule has 0 aromatic carbocycles. The van der Waals surface area contributed by atoms with Crippen molar-refractivity contribution in [3.8, 4) is 0 Å². The van der Waals surface area contributed by atoms with Gasteiger partial charge < -0.3 is 13.9 Å². The maximum Gasteiger partial charge on any atom is 0.413 e. The Morgan fingerprint density at radius 1 is 1.43 bits per heavy atom. The Bertz CT molecular complexity index is 794. The van der Waals surface area contributed by atoms with Crippen LogP contribution >= 0.6 is 0 Å². The third kappa shape index (κ3) is 5.32. The normalized spacial score (nSPS) is 20.5. The molecule has 2 aromatic rings. The van der Waals surface area contributed by atoms with Gasteiger partial charge in [-0.25, -0.2) is 9.78 Å². The molecule has 3 rings (SSSR count). The molecule has 2 aromatic heterocycles. The number of rotatable bonds is 6. The van der Waals surface area contributed by atoms with Crippen molar-refractivity contribution < 1.29 is 18.7 Å². The highest BCUT2D eigenvalue weighted by atomic mass is 16.6. The highest BCUT2D eigenvalue weighted by Crippen LogP contribution is 2.24. The Kier molecular flexibility index (Phi) is 6.04. The second kappa shape index (κ2) is 8.32. The Balaban J connectivity index is 1.62. The maximum atomic E-state index is 11.9.